The number of ether oxygens (including phenoxy) is 1. The fraction of sp³-hybridized carbons (Fsp3) is 0.120. The van der Waals surface area contributed by atoms with Crippen molar-refractivity contribution in [2.75, 3.05) is 12.9 Å². The molecule has 0 aliphatic carbocycles. The Labute approximate surface area is 205 Å². The number of nitrogens with one attached hydrogen (secondary N) is 2. The van der Waals surface area contributed by atoms with Crippen LogP contribution in [0.15, 0.2) is 84.0 Å². The summed E-state index contributed by atoms with van der Waals surface area (Å²) in [5, 5.41) is 8.77. The Morgan fingerprint density at radius 1 is 0.914 bits per heavy atom. The Bertz CT molecular complexity index is 1310. The molecule has 8 nitrogen and oxygen atoms in total. The fourth-order valence-electron chi connectivity index (χ4n) is 3.27. The van der Waals surface area contributed by atoms with Crippen molar-refractivity contribution >= 4 is 23.6 Å². The predicted molar refractivity (Wildman–Crippen MR) is 130 cm³/mol. The maximum Gasteiger partial charge on any atom is 0.248 e. The molecule has 0 saturated carbocycles. The number of thioether (sulfide) groups is 1. The first-order chi connectivity index (χ1) is 17.0. The fourth-order valence-corrected chi connectivity index (χ4v) is 4.02. The molecular formula is C25H22FN5O3S. The molecular weight excluding hydrogens is 469 g/mol. The van der Waals surface area contributed by atoms with Crippen molar-refractivity contribution in [2.24, 2.45) is 0 Å². The molecule has 0 atom stereocenters. The van der Waals surface area contributed by atoms with E-state index < -0.39 is 11.7 Å². The van der Waals surface area contributed by atoms with Gasteiger partial charge in [-0.1, -0.05) is 54.2 Å². The largest absolute Gasteiger partial charge is 0.497 e. The number of halogens is 1. The van der Waals surface area contributed by atoms with E-state index in [9.17, 15) is 14.0 Å². The van der Waals surface area contributed by atoms with Gasteiger partial charge in [-0.3, -0.25) is 25.0 Å². The molecule has 0 aliphatic rings. The van der Waals surface area contributed by atoms with Crippen LogP contribution in [0.2, 0.25) is 0 Å². The summed E-state index contributed by atoms with van der Waals surface area (Å²) >= 11 is 1.12. The zero-order chi connectivity index (χ0) is 24.6. The van der Waals surface area contributed by atoms with Crippen molar-refractivity contribution in [3.05, 3.63) is 90.2 Å². The molecule has 4 aromatic rings. The lowest BCUT2D eigenvalue weighted by atomic mass is 10.1. The first-order valence-corrected chi connectivity index (χ1v) is 11.6. The summed E-state index contributed by atoms with van der Waals surface area (Å²) in [5.74, 6) is -0.224. The smallest absolute Gasteiger partial charge is 0.248 e. The molecule has 0 bridgehead atoms. The minimum Gasteiger partial charge on any atom is -0.497 e. The number of methoxy groups -OCH3 is 1. The van der Waals surface area contributed by atoms with Gasteiger partial charge in [-0.05, 0) is 42.0 Å². The van der Waals surface area contributed by atoms with Crippen LogP contribution in [0.25, 0.3) is 17.1 Å². The van der Waals surface area contributed by atoms with Crippen LogP contribution in [0.5, 0.6) is 5.75 Å². The van der Waals surface area contributed by atoms with Crippen LogP contribution < -0.4 is 15.6 Å². The zero-order valence-electron chi connectivity index (χ0n) is 18.8. The number of aromatic nitrogens is 3. The summed E-state index contributed by atoms with van der Waals surface area (Å²) in [6, 6.07) is 22.6. The van der Waals surface area contributed by atoms with Crippen molar-refractivity contribution in [3.8, 4) is 22.8 Å². The molecule has 0 unspecified atom stereocenters. The molecule has 0 spiro atoms. The SMILES string of the molecule is COc1ccc(CC(=O)NNC(=O)CSc2nnc(-c3ccccc3F)n2-c2ccccc2)cc1. The van der Waals surface area contributed by atoms with Gasteiger partial charge in [-0.25, -0.2) is 4.39 Å². The second-order valence-corrected chi connectivity index (χ2v) is 8.31. The molecule has 1 heterocycles. The second kappa shape index (κ2) is 11.3. The van der Waals surface area contributed by atoms with Crippen molar-refractivity contribution in [3.63, 3.8) is 0 Å². The van der Waals surface area contributed by atoms with Gasteiger partial charge in [0.05, 0.1) is 24.8 Å². The van der Waals surface area contributed by atoms with Gasteiger partial charge < -0.3 is 4.74 Å². The molecule has 0 fully saturated rings. The number of amides is 2. The van der Waals surface area contributed by atoms with Crippen LogP contribution in [-0.4, -0.2) is 39.4 Å². The third-order valence-electron chi connectivity index (χ3n) is 4.96. The molecule has 0 radical (unpaired) electrons. The van der Waals surface area contributed by atoms with Crippen LogP contribution in [0.4, 0.5) is 4.39 Å². The summed E-state index contributed by atoms with van der Waals surface area (Å²) in [6.07, 6.45) is 0.103. The lowest BCUT2D eigenvalue weighted by molar-refractivity contribution is -0.127. The average molecular weight is 492 g/mol. The van der Waals surface area contributed by atoms with Crippen molar-refractivity contribution in [1.29, 1.82) is 0 Å². The molecule has 2 N–H and O–H groups in total. The summed E-state index contributed by atoms with van der Waals surface area (Å²) in [6.45, 7) is 0. The third kappa shape index (κ3) is 6.04. The van der Waals surface area contributed by atoms with E-state index in [0.29, 0.717) is 22.3 Å². The number of hydrogen-bond acceptors (Lipinski definition) is 6. The minimum absolute atomic E-state index is 0.0367. The molecule has 2 amide bonds. The van der Waals surface area contributed by atoms with E-state index in [-0.39, 0.29) is 18.1 Å². The Balaban J connectivity index is 1.40. The van der Waals surface area contributed by atoms with Crippen LogP contribution >= 0.6 is 11.8 Å². The van der Waals surface area contributed by atoms with E-state index in [0.717, 1.165) is 23.0 Å². The topological polar surface area (TPSA) is 98.1 Å². The Morgan fingerprint density at radius 3 is 2.31 bits per heavy atom. The highest BCUT2D eigenvalue weighted by Crippen LogP contribution is 2.29. The highest BCUT2D eigenvalue weighted by atomic mass is 32.2. The normalized spacial score (nSPS) is 10.6. The third-order valence-corrected chi connectivity index (χ3v) is 5.89. The quantitative estimate of drug-likeness (QED) is 0.289. The second-order valence-electron chi connectivity index (χ2n) is 7.37. The van der Waals surface area contributed by atoms with Gasteiger partial charge in [0.15, 0.2) is 11.0 Å². The van der Waals surface area contributed by atoms with Gasteiger partial charge in [-0.15, -0.1) is 10.2 Å². The summed E-state index contributed by atoms with van der Waals surface area (Å²) < 4.78 is 21.3. The van der Waals surface area contributed by atoms with Crippen LogP contribution in [0, 0.1) is 5.82 Å². The maximum absolute atomic E-state index is 14.5. The molecule has 35 heavy (non-hydrogen) atoms. The highest BCUT2D eigenvalue weighted by Gasteiger charge is 2.19. The first-order valence-electron chi connectivity index (χ1n) is 10.6. The van der Waals surface area contributed by atoms with Crippen LogP contribution in [0.1, 0.15) is 5.56 Å². The van der Waals surface area contributed by atoms with Gasteiger partial charge in [0.1, 0.15) is 11.6 Å². The van der Waals surface area contributed by atoms with Crippen molar-refractivity contribution in [1.82, 2.24) is 25.6 Å². The molecule has 3 aromatic carbocycles. The van der Waals surface area contributed by atoms with Gasteiger partial charge in [0, 0.05) is 5.69 Å². The van der Waals surface area contributed by atoms with Gasteiger partial charge in [-0.2, -0.15) is 0 Å². The van der Waals surface area contributed by atoms with Gasteiger partial charge in [0.2, 0.25) is 11.8 Å². The predicted octanol–water partition coefficient (Wildman–Crippen LogP) is 3.56. The number of hydrazine groups is 1. The number of benzene rings is 3. The summed E-state index contributed by atoms with van der Waals surface area (Å²) in [4.78, 5) is 24.5. The van der Waals surface area contributed by atoms with E-state index in [1.807, 2.05) is 30.3 Å². The lowest BCUT2D eigenvalue weighted by Gasteiger charge is -2.11. The summed E-state index contributed by atoms with van der Waals surface area (Å²) in [7, 11) is 1.57. The number of carbonyl (C=O) groups is 2. The molecule has 4 rings (SSSR count). The standard InChI is InChI=1S/C25H22FN5O3S/c1-34-19-13-11-17(12-14-19)15-22(32)27-28-23(33)16-35-25-30-29-24(20-9-5-6-10-21(20)26)31(25)18-7-3-2-4-8-18/h2-14H,15-16H2,1H3,(H,27,32)(H,28,33). The van der Waals surface area contributed by atoms with Gasteiger partial charge >= 0.3 is 0 Å². The Hall–Kier alpha value is -4.18. The Morgan fingerprint density at radius 2 is 1.60 bits per heavy atom. The van der Waals surface area contributed by atoms with E-state index in [1.54, 1.807) is 54.1 Å². The van der Waals surface area contributed by atoms with E-state index >= 15 is 0 Å². The van der Waals surface area contributed by atoms with Gasteiger partial charge in [0.25, 0.3) is 0 Å². The number of rotatable bonds is 8. The number of nitrogens with zero attached hydrogens (tertiary/aromatic N) is 3. The average Bonchev–Trinajstić information content (AvgIpc) is 3.31. The highest BCUT2D eigenvalue weighted by molar-refractivity contribution is 7.99. The van der Waals surface area contributed by atoms with Crippen LogP contribution in [0.3, 0.4) is 0 Å². The monoisotopic (exact) mass is 491 g/mol. The molecule has 0 saturated heterocycles. The molecule has 0 aliphatic heterocycles. The number of para-hydroxylation sites is 1. The molecule has 178 valence electrons. The number of carbonyl (C=O) groups excluding carboxylic acids is 2. The molecule has 10 heteroatoms. The van der Waals surface area contributed by atoms with E-state index in [1.165, 1.54) is 6.07 Å². The van der Waals surface area contributed by atoms with E-state index in [4.69, 9.17) is 4.74 Å². The van der Waals surface area contributed by atoms with Crippen LogP contribution in [-0.2, 0) is 16.0 Å². The lowest BCUT2D eigenvalue weighted by Crippen LogP contribution is -2.43. The Kier molecular flexibility index (Phi) is 7.74. The van der Waals surface area contributed by atoms with E-state index in [2.05, 4.69) is 21.0 Å². The minimum atomic E-state index is -0.425. The number of hydrogen-bond donors (Lipinski definition) is 2. The zero-order valence-corrected chi connectivity index (χ0v) is 19.6. The summed E-state index contributed by atoms with van der Waals surface area (Å²) in [5.41, 5.74) is 6.61. The maximum atomic E-state index is 14.5. The molecule has 1 aromatic heterocycles. The van der Waals surface area contributed by atoms with Crippen molar-refractivity contribution < 1.29 is 18.7 Å². The first kappa shape index (κ1) is 24.0. The van der Waals surface area contributed by atoms with Crippen molar-refractivity contribution in [2.45, 2.75) is 11.6 Å².